The molecule has 2 unspecified atom stereocenters. The molecule has 0 bridgehead atoms. The van der Waals surface area contributed by atoms with Gasteiger partial charge in [-0.25, -0.2) is 0 Å². The molecule has 0 saturated carbocycles. The molecule has 1 saturated heterocycles. The third kappa shape index (κ3) is 6.13. The van der Waals surface area contributed by atoms with Gasteiger partial charge in [-0.15, -0.1) is 12.4 Å². The molecule has 1 aromatic rings. The lowest BCUT2D eigenvalue weighted by atomic mass is 9.97. The molecule has 1 aliphatic rings. The molecule has 5 nitrogen and oxygen atoms in total. The fraction of sp³-hybridized carbons (Fsp3) is 0.556. The predicted molar refractivity (Wildman–Crippen MR) is 96.4 cm³/mol. The summed E-state index contributed by atoms with van der Waals surface area (Å²) < 4.78 is 4.87. The second kappa shape index (κ2) is 10.3. The molecule has 0 aliphatic carbocycles. The van der Waals surface area contributed by atoms with Gasteiger partial charge in [0.1, 0.15) is 0 Å². The number of esters is 1. The highest BCUT2D eigenvalue weighted by atomic mass is 35.5. The summed E-state index contributed by atoms with van der Waals surface area (Å²) in [5.41, 5.74) is 1.99. The van der Waals surface area contributed by atoms with Crippen molar-refractivity contribution in [2.75, 3.05) is 26.7 Å². The number of carbonyl (C=O) groups is 2. The molecular weight excluding hydrogens is 328 g/mol. The van der Waals surface area contributed by atoms with E-state index in [1.165, 1.54) is 7.11 Å². The van der Waals surface area contributed by atoms with Gasteiger partial charge in [-0.2, -0.15) is 0 Å². The van der Waals surface area contributed by atoms with Crippen molar-refractivity contribution in [3.63, 3.8) is 0 Å². The second-order valence-corrected chi connectivity index (χ2v) is 6.19. The maximum atomic E-state index is 12.0. The molecule has 2 rings (SSSR count). The number of amides is 1. The summed E-state index contributed by atoms with van der Waals surface area (Å²) in [5.74, 6) is -0.195. The minimum absolute atomic E-state index is 0. The minimum Gasteiger partial charge on any atom is -0.468 e. The number of carbonyl (C=O) groups excluding carboxylic acids is 2. The smallest absolute Gasteiger partial charge is 0.314 e. The lowest BCUT2D eigenvalue weighted by molar-refractivity contribution is -0.142. The van der Waals surface area contributed by atoms with E-state index in [9.17, 15) is 9.59 Å². The summed E-state index contributed by atoms with van der Waals surface area (Å²) in [5, 5.41) is 6.18. The van der Waals surface area contributed by atoms with Crippen molar-refractivity contribution in [1.82, 2.24) is 10.6 Å². The minimum atomic E-state index is -0.460. The number of nitrogens with one attached hydrogen (secondary N) is 2. The molecule has 0 spiro atoms. The molecule has 1 amide bonds. The van der Waals surface area contributed by atoms with Gasteiger partial charge in [-0.05, 0) is 44.3 Å². The number of ether oxygens (including phenoxy) is 1. The zero-order valence-corrected chi connectivity index (χ0v) is 15.2. The van der Waals surface area contributed by atoms with Gasteiger partial charge in [0.15, 0.2) is 0 Å². The Morgan fingerprint density at radius 2 is 2.04 bits per heavy atom. The Labute approximate surface area is 149 Å². The number of rotatable bonds is 7. The Balaban J connectivity index is 0.00000288. The Kier molecular flexibility index (Phi) is 8.79. The van der Waals surface area contributed by atoms with Gasteiger partial charge in [0, 0.05) is 13.0 Å². The highest BCUT2D eigenvalue weighted by Crippen LogP contribution is 2.18. The zero-order chi connectivity index (χ0) is 16.7. The number of halogens is 1. The number of hydrogen-bond acceptors (Lipinski definition) is 4. The molecule has 1 aliphatic heterocycles. The first-order chi connectivity index (χ1) is 11.1. The van der Waals surface area contributed by atoms with Crippen molar-refractivity contribution in [3.05, 3.63) is 35.4 Å². The number of hydrogen-bond donors (Lipinski definition) is 2. The van der Waals surface area contributed by atoms with E-state index in [2.05, 4.69) is 10.6 Å². The van der Waals surface area contributed by atoms with Crippen molar-refractivity contribution in [2.24, 2.45) is 5.92 Å². The van der Waals surface area contributed by atoms with E-state index in [-0.39, 0.29) is 30.8 Å². The molecule has 1 heterocycles. The highest BCUT2D eigenvalue weighted by Gasteiger charge is 2.22. The summed E-state index contributed by atoms with van der Waals surface area (Å²) in [6.07, 6.45) is 2.54. The molecule has 2 atom stereocenters. The summed E-state index contributed by atoms with van der Waals surface area (Å²) in [7, 11) is 1.37. The number of methoxy groups -OCH3 is 1. The lowest BCUT2D eigenvalue weighted by Crippen LogP contribution is -2.32. The Hall–Kier alpha value is -1.59. The van der Waals surface area contributed by atoms with Crippen LogP contribution in [0, 0.1) is 12.8 Å². The van der Waals surface area contributed by atoms with Crippen molar-refractivity contribution in [1.29, 1.82) is 0 Å². The summed E-state index contributed by atoms with van der Waals surface area (Å²) >= 11 is 0. The maximum Gasteiger partial charge on any atom is 0.314 e. The summed E-state index contributed by atoms with van der Waals surface area (Å²) in [4.78, 5) is 24.0. The quantitative estimate of drug-likeness (QED) is 0.736. The molecule has 0 radical (unpaired) electrons. The van der Waals surface area contributed by atoms with Crippen LogP contribution in [0.25, 0.3) is 0 Å². The number of aryl methyl sites for hydroxylation is 1. The summed E-state index contributed by atoms with van der Waals surface area (Å²) in [6, 6.07) is 7.74. The Bertz CT molecular complexity index is 528. The van der Waals surface area contributed by atoms with Crippen LogP contribution in [-0.2, 0) is 14.3 Å². The van der Waals surface area contributed by atoms with Gasteiger partial charge >= 0.3 is 5.97 Å². The van der Waals surface area contributed by atoms with Gasteiger partial charge in [0.05, 0.1) is 13.0 Å². The molecule has 0 aromatic heterocycles. The average molecular weight is 355 g/mol. The van der Waals surface area contributed by atoms with Crippen LogP contribution in [-0.4, -0.2) is 38.6 Å². The van der Waals surface area contributed by atoms with Gasteiger partial charge in [0.25, 0.3) is 0 Å². The van der Waals surface area contributed by atoms with Crippen LogP contribution in [0.4, 0.5) is 0 Å². The first-order valence-corrected chi connectivity index (χ1v) is 8.22. The fourth-order valence-corrected chi connectivity index (χ4v) is 2.88. The molecule has 24 heavy (non-hydrogen) atoms. The van der Waals surface area contributed by atoms with Crippen molar-refractivity contribution < 1.29 is 14.3 Å². The monoisotopic (exact) mass is 354 g/mol. The van der Waals surface area contributed by atoms with Crippen LogP contribution in [0.2, 0.25) is 0 Å². The van der Waals surface area contributed by atoms with Crippen LogP contribution in [0.5, 0.6) is 0 Å². The second-order valence-electron chi connectivity index (χ2n) is 6.19. The van der Waals surface area contributed by atoms with Gasteiger partial charge in [-0.1, -0.05) is 29.8 Å². The van der Waals surface area contributed by atoms with Crippen LogP contribution in [0.3, 0.4) is 0 Å². The number of benzene rings is 1. The maximum absolute atomic E-state index is 12.0. The third-order valence-electron chi connectivity index (χ3n) is 4.41. The van der Waals surface area contributed by atoms with Gasteiger partial charge in [0.2, 0.25) is 5.91 Å². The lowest BCUT2D eigenvalue weighted by Gasteiger charge is -2.16. The van der Waals surface area contributed by atoms with Crippen molar-refractivity contribution in [3.8, 4) is 0 Å². The van der Waals surface area contributed by atoms with Gasteiger partial charge in [-0.3, -0.25) is 9.59 Å². The van der Waals surface area contributed by atoms with Gasteiger partial charge < -0.3 is 15.4 Å². The first kappa shape index (κ1) is 20.5. The van der Waals surface area contributed by atoms with E-state index in [4.69, 9.17) is 4.74 Å². The Morgan fingerprint density at radius 1 is 1.33 bits per heavy atom. The van der Waals surface area contributed by atoms with E-state index in [0.29, 0.717) is 12.3 Å². The predicted octanol–water partition coefficient (Wildman–Crippen LogP) is 2.18. The van der Waals surface area contributed by atoms with Crippen LogP contribution >= 0.6 is 12.4 Å². The Morgan fingerprint density at radius 3 is 2.62 bits per heavy atom. The molecule has 1 aromatic carbocycles. The van der Waals surface area contributed by atoms with Crippen LogP contribution in [0.1, 0.15) is 36.3 Å². The third-order valence-corrected chi connectivity index (χ3v) is 4.41. The highest BCUT2D eigenvalue weighted by molar-refractivity contribution is 5.85. The van der Waals surface area contributed by atoms with E-state index >= 15 is 0 Å². The summed E-state index contributed by atoms with van der Waals surface area (Å²) in [6.45, 7) is 4.32. The molecule has 6 heteroatoms. The molecule has 2 N–H and O–H groups in total. The van der Waals surface area contributed by atoms with Crippen molar-refractivity contribution >= 4 is 24.3 Å². The standard InChI is InChI=1S/C18H26N2O3.ClH/c1-13-3-6-15(7-4-13)16(18(22)23-2)12-20-17(21)8-5-14-9-10-19-11-14;/h3-4,6-7,14,16,19H,5,8-12H2,1-2H3,(H,20,21);1H. The largest absolute Gasteiger partial charge is 0.468 e. The van der Waals surface area contributed by atoms with E-state index < -0.39 is 5.92 Å². The van der Waals surface area contributed by atoms with Crippen molar-refractivity contribution in [2.45, 2.75) is 32.1 Å². The molecule has 134 valence electrons. The van der Waals surface area contributed by atoms with E-state index in [0.717, 1.165) is 37.1 Å². The molecular formula is C18H27ClN2O3. The van der Waals surface area contributed by atoms with E-state index in [1.54, 1.807) is 0 Å². The first-order valence-electron chi connectivity index (χ1n) is 8.22. The van der Waals surface area contributed by atoms with E-state index in [1.807, 2.05) is 31.2 Å². The van der Waals surface area contributed by atoms with Crippen LogP contribution < -0.4 is 10.6 Å². The fourth-order valence-electron chi connectivity index (χ4n) is 2.88. The average Bonchev–Trinajstić information content (AvgIpc) is 3.08. The SMILES string of the molecule is COC(=O)C(CNC(=O)CCC1CCNC1)c1ccc(C)cc1.Cl. The zero-order valence-electron chi connectivity index (χ0n) is 14.3. The van der Waals surface area contributed by atoms with Crippen LogP contribution in [0.15, 0.2) is 24.3 Å². The normalized spacial score (nSPS) is 17.7. The topological polar surface area (TPSA) is 67.4 Å². The molecule has 1 fully saturated rings.